The second-order valence-corrected chi connectivity index (χ2v) is 9.71. The Kier molecular flexibility index (Phi) is 10.5. The molecule has 0 radical (unpaired) electrons. The van der Waals surface area contributed by atoms with E-state index in [4.69, 9.17) is 28.6 Å². The van der Waals surface area contributed by atoms with Gasteiger partial charge in [-0.15, -0.1) is 0 Å². The molecule has 0 fully saturated rings. The minimum atomic E-state index is -1.33. The summed E-state index contributed by atoms with van der Waals surface area (Å²) in [6, 6.07) is 5.42. The second-order valence-electron chi connectivity index (χ2n) is 9.71. The third-order valence-electron chi connectivity index (χ3n) is 5.79. The van der Waals surface area contributed by atoms with Gasteiger partial charge in [-0.2, -0.15) is 0 Å². The lowest BCUT2D eigenvalue weighted by molar-refractivity contribution is -0.145. The molecule has 0 saturated heterocycles. The monoisotopic (exact) mass is 564 g/mol. The molecule has 0 aromatic heterocycles. The maximum absolute atomic E-state index is 14.2. The molecule has 2 aliphatic rings. The second kappa shape index (κ2) is 13.4. The topological polar surface area (TPSA) is 141 Å². The summed E-state index contributed by atoms with van der Waals surface area (Å²) >= 11 is 0. The van der Waals surface area contributed by atoms with Crippen LogP contribution in [0.3, 0.4) is 0 Å². The van der Waals surface area contributed by atoms with Gasteiger partial charge in [0, 0.05) is 23.3 Å². The standard InChI is InChI=1S/C14H18BFO5.C12H14BFO5/c1-4-19-13(17)7-12-14-10(15(18)21-12)5-9(6-11(14)16)20-8(2)3;1-6(2)18-7-3-8-12(9(14)4-7)10(5-11(15)16)19-13(8)17/h5-6,8,12,18H,4,7H2,1-3H3;3-4,6,10,17H,5H2,1-2H3,(H,15,16). The highest BCUT2D eigenvalue weighted by molar-refractivity contribution is 6.62. The molecule has 2 unspecified atom stereocenters. The molecule has 0 bridgehead atoms. The van der Waals surface area contributed by atoms with E-state index in [2.05, 4.69) is 0 Å². The number of rotatable bonds is 9. The summed E-state index contributed by atoms with van der Waals surface area (Å²) in [5.74, 6) is -2.20. The van der Waals surface area contributed by atoms with Gasteiger partial charge in [0.15, 0.2) is 0 Å². The molecular weight excluding hydrogens is 532 g/mol. The molecule has 2 aliphatic heterocycles. The van der Waals surface area contributed by atoms with Crippen molar-refractivity contribution < 1.29 is 57.0 Å². The number of carbonyl (C=O) groups is 2. The Hall–Kier alpha value is -3.19. The van der Waals surface area contributed by atoms with Crippen molar-refractivity contribution in [2.45, 2.75) is 71.9 Å². The highest BCUT2D eigenvalue weighted by Crippen LogP contribution is 2.33. The van der Waals surface area contributed by atoms with Gasteiger partial charge in [0.1, 0.15) is 23.1 Å². The van der Waals surface area contributed by atoms with Gasteiger partial charge in [0.2, 0.25) is 0 Å². The first-order valence-electron chi connectivity index (χ1n) is 12.8. The van der Waals surface area contributed by atoms with E-state index < -0.39 is 56.4 Å². The van der Waals surface area contributed by atoms with E-state index in [1.54, 1.807) is 20.8 Å². The number of carboxylic acids is 1. The molecule has 14 heteroatoms. The van der Waals surface area contributed by atoms with Crippen molar-refractivity contribution in [1.82, 2.24) is 0 Å². The molecule has 10 nitrogen and oxygen atoms in total. The van der Waals surface area contributed by atoms with E-state index >= 15 is 0 Å². The fourth-order valence-corrected chi connectivity index (χ4v) is 4.42. The van der Waals surface area contributed by atoms with Crippen LogP contribution in [0.4, 0.5) is 8.78 Å². The number of benzene rings is 2. The van der Waals surface area contributed by atoms with Crippen LogP contribution in [0.15, 0.2) is 24.3 Å². The fraction of sp³-hybridized carbons (Fsp3) is 0.462. The number of carboxylic acid groups (broad SMARTS) is 1. The van der Waals surface area contributed by atoms with Crippen LogP contribution < -0.4 is 20.4 Å². The Morgan fingerprint density at radius 3 is 1.65 bits per heavy atom. The van der Waals surface area contributed by atoms with Crippen molar-refractivity contribution in [3.63, 3.8) is 0 Å². The molecule has 3 N–H and O–H groups in total. The Bertz CT molecular complexity index is 1230. The molecule has 2 aromatic rings. The molecule has 4 rings (SSSR count). The first-order valence-corrected chi connectivity index (χ1v) is 12.8. The van der Waals surface area contributed by atoms with Crippen molar-refractivity contribution in [2.75, 3.05) is 6.61 Å². The third-order valence-corrected chi connectivity index (χ3v) is 5.79. The lowest BCUT2D eigenvalue weighted by Crippen LogP contribution is -2.28. The lowest BCUT2D eigenvalue weighted by Gasteiger charge is -2.14. The number of fused-ring (bicyclic) bond motifs is 2. The summed E-state index contributed by atoms with van der Waals surface area (Å²) in [5, 5.41) is 28.3. The summed E-state index contributed by atoms with van der Waals surface area (Å²) in [6.07, 6.45) is -2.60. The van der Waals surface area contributed by atoms with E-state index in [1.165, 1.54) is 24.3 Å². The zero-order chi connectivity index (χ0) is 29.7. The predicted octanol–water partition coefficient (Wildman–Crippen LogP) is 2.17. The number of aliphatic carboxylic acids is 1. The highest BCUT2D eigenvalue weighted by atomic mass is 19.1. The summed E-state index contributed by atoms with van der Waals surface area (Å²) in [5.41, 5.74) is 0.791. The smallest absolute Gasteiger partial charge is 0.491 e. The van der Waals surface area contributed by atoms with Gasteiger partial charge in [-0.25, -0.2) is 8.78 Å². The lowest BCUT2D eigenvalue weighted by atomic mass is 9.79. The molecule has 216 valence electrons. The quantitative estimate of drug-likeness (QED) is 0.307. The Balaban J connectivity index is 0.000000222. The van der Waals surface area contributed by atoms with Crippen LogP contribution in [0.5, 0.6) is 11.5 Å². The third kappa shape index (κ3) is 7.72. The average Bonchev–Trinajstić information content (AvgIpc) is 3.29. The van der Waals surface area contributed by atoms with Crippen LogP contribution in [0.1, 0.15) is 70.8 Å². The van der Waals surface area contributed by atoms with E-state index in [9.17, 15) is 28.4 Å². The van der Waals surface area contributed by atoms with Crippen molar-refractivity contribution >= 4 is 37.1 Å². The first-order chi connectivity index (χ1) is 18.8. The van der Waals surface area contributed by atoms with Gasteiger partial charge >= 0.3 is 26.2 Å². The molecule has 2 atom stereocenters. The van der Waals surface area contributed by atoms with Crippen molar-refractivity contribution in [3.05, 3.63) is 47.0 Å². The number of hydrogen-bond acceptors (Lipinski definition) is 9. The summed E-state index contributed by atoms with van der Waals surface area (Å²) in [7, 11) is -2.60. The SMILES string of the molecule is CC(C)Oc1cc(F)c2c(c1)B(O)OC2CC(=O)O.CCOC(=O)CC1OB(O)c2cc(OC(C)C)cc(F)c21. The van der Waals surface area contributed by atoms with E-state index in [0.717, 1.165) is 0 Å². The van der Waals surface area contributed by atoms with Crippen LogP contribution in [0, 0.1) is 11.6 Å². The maximum Gasteiger partial charge on any atom is 0.492 e. The minimum Gasteiger partial charge on any atom is -0.491 e. The van der Waals surface area contributed by atoms with Gasteiger partial charge in [0.05, 0.1) is 43.9 Å². The van der Waals surface area contributed by atoms with Crippen LogP contribution in [0.2, 0.25) is 0 Å². The van der Waals surface area contributed by atoms with E-state index in [1.807, 2.05) is 13.8 Å². The number of esters is 1. The summed E-state index contributed by atoms with van der Waals surface area (Å²) < 4.78 is 54.2. The number of carbonyl (C=O) groups excluding carboxylic acids is 1. The summed E-state index contributed by atoms with van der Waals surface area (Å²) in [4.78, 5) is 22.2. The van der Waals surface area contributed by atoms with Crippen LogP contribution in [-0.4, -0.2) is 60.1 Å². The Morgan fingerprint density at radius 1 is 0.850 bits per heavy atom. The first kappa shape index (κ1) is 31.3. The normalized spacial score (nSPS) is 17.4. The predicted molar refractivity (Wildman–Crippen MR) is 141 cm³/mol. The van der Waals surface area contributed by atoms with Crippen molar-refractivity contribution in [1.29, 1.82) is 0 Å². The molecule has 2 heterocycles. The Labute approximate surface area is 231 Å². The average molecular weight is 564 g/mol. The number of hydrogen-bond donors (Lipinski definition) is 3. The van der Waals surface area contributed by atoms with E-state index in [0.29, 0.717) is 11.2 Å². The minimum absolute atomic E-state index is 0.0889. The molecule has 0 aliphatic carbocycles. The zero-order valence-electron chi connectivity index (χ0n) is 22.9. The molecule has 0 saturated carbocycles. The maximum atomic E-state index is 14.2. The summed E-state index contributed by atoms with van der Waals surface area (Å²) in [6.45, 7) is 9.16. The van der Waals surface area contributed by atoms with Gasteiger partial charge < -0.3 is 38.7 Å². The van der Waals surface area contributed by atoms with Gasteiger partial charge in [-0.3, -0.25) is 9.59 Å². The largest absolute Gasteiger partial charge is 0.492 e. The van der Waals surface area contributed by atoms with Gasteiger partial charge in [-0.05, 0) is 57.7 Å². The molecule has 0 spiro atoms. The Morgan fingerprint density at radius 2 is 1.27 bits per heavy atom. The van der Waals surface area contributed by atoms with Crippen LogP contribution in [-0.2, 0) is 23.6 Å². The van der Waals surface area contributed by atoms with Crippen LogP contribution in [0.25, 0.3) is 0 Å². The van der Waals surface area contributed by atoms with Crippen molar-refractivity contribution in [2.24, 2.45) is 0 Å². The zero-order valence-corrected chi connectivity index (χ0v) is 22.9. The highest BCUT2D eigenvalue weighted by Gasteiger charge is 2.40. The van der Waals surface area contributed by atoms with E-state index in [-0.39, 0.29) is 47.6 Å². The molecule has 0 amide bonds. The van der Waals surface area contributed by atoms with Crippen molar-refractivity contribution in [3.8, 4) is 11.5 Å². The van der Waals surface area contributed by atoms with Gasteiger partial charge in [0.25, 0.3) is 0 Å². The number of ether oxygens (including phenoxy) is 3. The molecule has 40 heavy (non-hydrogen) atoms. The number of halogens is 2. The van der Waals surface area contributed by atoms with Crippen LogP contribution >= 0.6 is 0 Å². The van der Waals surface area contributed by atoms with Gasteiger partial charge in [-0.1, -0.05) is 0 Å². The molecular formula is C26H32B2F2O10. The molecule has 2 aromatic carbocycles. The fourth-order valence-electron chi connectivity index (χ4n) is 4.42.